The average molecular weight is 506 g/mol. The fourth-order valence-corrected chi connectivity index (χ4v) is 3.68. The minimum absolute atomic E-state index is 0.0810. The van der Waals surface area contributed by atoms with Crippen LogP contribution in [0.15, 0.2) is 83.5 Å². The van der Waals surface area contributed by atoms with E-state index >= 15 is 0 Å². The molecule has 0 atom stereocenters. The fourth-order valence-electron chi connectivity index (χ4n) is 3.46. The van der Waals surface area contributed by atoms with Crippen molar-refractivity contribution in [3.63, 3.8) is 0 Å². The number of aromatic hydroxyl groups is 1. The highest BCUT2D eigenvalue weighted by Gasteiger charge is 2.39. The molecule has 3 amide bonds. The lowest BCUT2D eigenvalue weighted by molar-refractivity contribution is -0.120. The summed E-state index contributed by atoms with van der Waals surface area (Å²) in [6, 6.07) is 18.3. The van der Waals surface area contributed by atoms with Crippen molar-refractivity contribution in [3.8, 4) is 5.75 Å². The van der Waals surface area contributed by atoms with Crippen LogP contribution in [0.4, 0.5) is 17.1 Å². The smallest absolute Gasteiger partial charge is 0.338 e. The minimum atomic E-state index is -0.735. The van der Waals surface area contributed by atoms with Crippen molar-refractivity contribution < 1.29 is 29.0 Å². The molecule has 0 spiro atoms. The number of halogens is 1. The van der Waals surface area contributed by atoms with Gasteiger partial charge in [-0.1, -0.05) is 29.8 Å². The van der Waals surface area contributed by atoms with Gasteiger partial charge in [0.25, 0.3) is 17.7 Å². The SMILES string of the molecule is CCOC(=O)c1ccc(N2C(=O)C(Cl)=C(Nc3cccc(C(=O)Nc4ccccc4O)c3)C2=O)cc1. The quantitative estimate of drug-likeness (QED) is 0.249. The molecular weight excluding hydrogens is 486 g/mol. The molecule has 3 N–H and O–H groups in total. The third-order valence-corrected chi connectivity index (χ3v) is 5.56. The zero-order valence-electron chi connectivity index (χ0n) is 18.9. The molecule has 1 aliphatic rings. The Morgan fingerprint density at radius 2 is 1.67 bits per heavy atom. The number of carbonyl (C=O) groups excluding carboxylic acids is 4. The second-order valence-electron chi connectivity index (χ2n) is 7.58. The van der Waals surface area contributed by atoms with E-state index in [-0.39, 0.29) is 45.6 Å². The molecule has 3 aromatic carbocycles. The van der Waals surface area contributed by atoms with Gasteiger partial charge in [0, 0.05) is 11.3 Å². The van der Waals surface area contributed by atoms with E-state index < -0.39 is 23.7 Å². The number of esters is 1. The second-order valence-corrected chi connectivity index (χ2v) is 7.96. The first-order valence-electron chi connectivity index (χ1n) is 10.8. The Labute approximate surface area is 210 Å². The number of imide groups is 1. The van der Waals surface area contributed by atoms with Crippen LogP contribution in [0.5, 0.6) is 5.75 Å². The summed E-state index contributed by atoms with van der Waals surface area (Å²) in [5, 5.41) is 15.0. The fraction of sp³-hybridized carbons (Fsp3) is 0.0769. The molecule has 0 bridgehead atoms. The summed E-state index contributed by atoms with van der Waals surface area (Å²) < 4.78 is 4.93. The van der Waals surface area contributed by atoms with Crippen molar-refractivity contribution in [1.82, 2.24) is 0 Å². The molecule has 0 unspecified atom stereocenters. The summed E-state index contributed by atoms with van der Waals surface area (Å²) in [4.78, 5) is 51.2. The molecule has 4 rings (SSSR count). The van der Waals surface area contributed by atoms with Crippen LogP contribution in [0.3, 0.4) is 0 Å². The molecule has 0 aliphatic carbocycles. The molecule has 0 radical (unpaired) electrons. The molecule has 10 heteroatoms. The lowest BCUT2D eigenvalue weighted by atomic mass is 10.1. The third kappa shape index (κ3) is 4.91. The van der Waals surface area contributed by atoms with Crippen LogP contribution < -0.4 is 15.5 Å². The number of phenols is 1. The highest BCUT2D eigenvalue weighted by Crippen LogP contribution is 2.31. The number of anilines is 3. The maximum Gasteiger partial charge on any atom is 0.338 e. The maximum absolute atomic E-state index is 13.1. The molecular formula is C26H20ClN3O6. The Balaban J connectivity index is 1.51. The lowest BCUT2D eigenvalue weighted by Gasteiger charge is -2.15. The first-order valence-corrected chi connectivity index (χ1v) is 11.2. The number of hydrogen-bond acceptors (Lipinski definition) is 7. The highest BCUT2D eigenvalue weighted by molar-refractivity contribution is 6.53. The Morgan fingerprint density at radius 3 is 2.36 bits per heavy atom. The number of nitrogens with one attached hydrogen (secondary N) is 2. The van der Waals surface area contributed by atoms with Crippen molar-refractivity contribution in [3.05, 3.63) is 94.7 Å². The van der Waals surface area contributed by atoms with Gasteiger partial charge in [0.1, 0.15) is 16.5 Å². The number of para-hydroxylation sites is 2. The Morgan fingerprint density at radius 1 is 0.944 bits per heavy atom. The van der Waals surface area contributed by atoms with Gasteiger partial charge in [-0.2, -0.15) is 0 Å². The Hall–Kier alpha value is -4.63. The highest BCUT2D eigenvalue weighted by atomic mass is 35.5. The summed E-state index contributed by atoms with van der Waals surface area (Å²) >= 11 is 6.19. The first-order chi connectivity index (χ1) is 17.3. The van der Waals surface area contributed by atoms with E-state index in [0.717, 1.165) is 4.90 Å². The Bertz CT molecular complexity index is 1400. The lowest BCUT2D eigenvalue weighted by Crippen LogP contribution is -2.32. The van der Waals surface area contributed by atoms with Crippen LogP contribution in [0.25, 0.3) is 0 Å². The van der Waals surface area contributed by atoms with E-state index in [2.05, 4.69) is 10.6 Å². The number of phenolic OH excluding ortho intramolecular Hbond substituents is 1. The third-order valence-electron chi connectivity index (χ3n) is 5.21. The van der Waals surface area contributed by atoms with E-state index in [9.17, 15) is 24.3 Å². The van der Waals surface area contributed by atoms with Gasteiger partial charge in [-0.15, -0.1) is 0 Å². The summed E-state index contributed by atoms with van der Waals surface area (Å²) in [6.45, 7) is 1.90. The van der Waals surface area contributed by atoms with Crippen LogP contribution in [0, 0.1) is 0 Å². The Kier molecular flexibility index (Phi) is 7.03. The van der Waals surface area contributed by atoms with E-state index in [1.54, 1.807) is 43.3 Å². The van der Waals surface area contributed by atoms with Crippen molar-refractivity contribution in [2.45, 2.75) is 6.92 Å². The molecule has 0 saturated carbocycles. The molecule has 1 heterocycles. The molecule has 0 aromatic heterocycles. The van der Waals surface area contributed by atoms with Gasteiger partial charge in [-0.25, -0.2) is 9.69 Å². The predicted molar refractivity (Wildman–Crippen MR) is 134 cm³/mol. The number of ether oxygens (including phenoxy) is 1. The van der Waals surface area contributed by atoms with E-state index in [1.807, 2.05) is 0 Å². The molecule has 0 saturated heterocycles. The largest absolute Gasteiger partial charge is 0.506 e. The van der Waals surface area contributed by atoms with Crippen molar-refractivity contribution in [2.24, 2.45) is 0 Å². The summed E-state index contributed by atoms with van der Waals surface area (Å²) in [5.74, 6) is -2.52. The van der Waals surface area contributed by atoms with E-state index in [0.29, 0.717) is 5.69 Å². The molecule has 1 aliphatic heterocycles. The van der Waals surface area contributed by atoms with Crippen LogP contribution in [0.1, 0.15) is 27.6 Å². The first kappa shape index (κ1) is 24.5. The summed E-state index contributed by atoms with van der Waals surface area (Å²) in [5.41, 5.74) is 1.17. The zero-order chi connectivity index (χ0) is 25.8. The number of carbonyl (C=O) groups is 4. The van der Waals surface area contributed by atoms with E-state index in [4.69, 9.17) is 16.3 Å². The van der Waals surface area contributed by atoms with Gasteiger partial charge in [0.2, 0.25) is 0 Å². The number of amides is 3. The number of rotatable bonds is 7. The second kappa shape index (κ2) is 10.3. The van der Waals surface area contributed by atoms with E-state index in [1.165, 1.54) is 36.4 Å². The van der Waals surface area contributed by atoms with Crippen LogP contribution in [-0.4, -0.2) is 35.4 Å². The maximum atomic E-state index is 13.1. The van der Waals surface area contributed by atoms with Crippen molar-refractivity contribution in [1.29, 1.82) is 0 Å². The standard InChI is InChI=1S/C26H20ClN3O6/c1-2-36-26(35)15-10-12-18(13-11-15)30-24(33)21(27)22(25(30)34)28-17-7-5-6-16(14-17)23(32)29-19-8-3-4-9-20(19)31/h3-14,28,31H,2H2,1H3,(H,29,32). The molecule has 182 valence electrons. The zero-order valence-corrected chi connectivity index (χ0v) is 19.7. The van der Waals surface area contributed by atoms with Gasteiger partial charge in [0.15, 0.2) is 0 Å². The van der Waals surface area contributed by atoms with Crippen LogP contribution in [-0.2, 0) is 14.3 Å². The number of hydrogen-bond donors (Lipinski definition) is 3. The molecule has 9 nitrogen and oxygen atoms in total. The summed E-state index contributed by atoms with van der Waals surface area (Å²) in [6.07, 6.45) is 0. The monoisotopic (exact) mass is 505 g/mol. The predicted octanol–water partition coefficient (Wildman–Crippen LogP) is 4.26. The van der Waals surface area contributed by atoms with Gasteiger partial charge in [-0.3, -0.25) is 14.4 Å². The van der Waals surface area contributed by atoms with Gasteiger partial charge in [-0.05, 0) is 61.5 Å². The van der Waals surface area contributed by atoms with Crippen LogP contribution >= 0.6 is 11.6 Å². The van der Waals surface area contributed by atoms with Gasteiger partial charge >= 0.3 is 5.97 Å². The average Bonchev–Trinajstić information content (AvgIpc) is 3.08. The van der Waals surface area contributed by atoms with Crippen molar-refractivity contribution >= 4 is 52.4 Å². The molecule has 0 fully saturated rings. The topological polar surface area (TPSA) is 125 Å². The minimum Gasteiger partial charge on any atom is -0.506 e. The molecule has 36 heavy (non-hydrogen) atoms. The van der Waals surface area contributed by atoms with Gasteiger partial charge in [0.05, 0.1) is 23.5 Å². The normalized spacial score (nSPS) is 13.1. The van der Waals surface area contributed by atoms with Crippen LogP contribution in [0.2, 0.25) is 0 Å². The van der Waals surface area contributed by atoms with Crippen molar-refractivity contribution in [2.75, 3.05) is 22.1 Å². The molecule has 3 aromatic rings. The summed E-state index contributed by atoms with van der Waals surface area (Å²) in [7, 11) is 0. The number of benzene rings is 3. The van der Waals surface area contributed by atoms with Gasteiger partial charge < -0.3 is 20.5 Å². The number of nitrogens with zero attached hydrogens (tertiary/aromatic N) is 1.